The number of nitrogens with two attached hydrogens (primary N) is 1. The maximum atomic E-state index is 14.7. The van der Waals surface area contributed by atoms with E-state index in [-0.39, 0.29) is 17.7 Å². The van der Waals surface area contributed by atoms with Gasteiger partial charge in [-0.05, 0) is 24.0 Å². The number of nitrogens with one attached hydrogen (secondary N) is 1. The molecule has 0 saturated carbocycles. The third kappa shape index (κ3) is 2.40. The van der Waals surface area contributed by atoms with Crippen molar-refractivity contribution in [3.8, 4) is 11.1 Å². The molecule has 5 nitrogen and oxygen atoms in total. The summed E-state index contributed by atoms with van der Waals surface area (Å²) in [5.41, 5.74) is 14.4. The highest BCUT2D eigenvalue weighted by Crippen LogP contribution is 2.45. The van der Waals surface area contributed by atoms with Crippen LogP contribution in [0.5, 0.6) is 0 Å². The largest absolute Gasteiger partial charge is 0.383 e. The lowest BCUT2D eigenvalue weighted by Gasteiger charge is -2.30. The number of rotatable bonds is 2. The van der Waals surface area contributed by atoms with E-state index in [1.165, 1.54) is 6.07 Å². The molecule has 2 heterocycles. The van der Waals surface area contributed by atoms with Crippen molar-refractivity contribution in [2.75, 3.05) is 19.3 Å². The van der Waals surface area contributed by atoms with Gasteiger partial charge < -0.3 is 11.2 Å². The molecule has 2 aliphatic rings. The molecule has 4 rings (SSSR count). The molecule has 1 aromatic carbocycles. The number of hydrogen-bond acceptors (Lipinski definition) is 5. The molecule has 6 heteroatoms. The van der Waals surface area contributed by atoms with Crippen molar-refractivity contribution >= 4 is 17.7 Å². The van der Waals surface area contributed by atoms with E-state index in [9.17, 15) is 4.39 Å². The summed E-state index contributed by atoms with van der Waals surface area (Å²) in [6, 6.07) is 6.80. The van der Waals surface area contributed by atoms with Crippen molar-refractivity contribution in [3.63, 3.8) is 0 Å². The predicted octanol–water partition coefficient (Wildman–Crippen LogP) is 3.07. The van der Waals surface area contributed by atoms with Gasteiger partial charge in [0.15, 0.2) is 0 Å². The Balaban J connectivity index is 2.08. The van der Waals surface area contributed by atoms with E-state index in [2.05, 4.69) is 27.4 Å². The smallest absolute Gasteiger partial charge is 0.133 e. The third-order valence-corrected chi connectivity index (χ3v) is 4.99. The molecule has 128 valence electrons. The Morgan fingerprint density at radius 2 is 2.16 bits per heavy atom. The van der Waals surface area contributed by atoms with Crippen LogP contribution in [0.1, 0.15) is 42.0 Å². The van der Waals surface area contributed by atoms with E-state index < -0.39 is 0 Å². The Bertz CT molecular complexity index is 903. The number of fused-ring (bicyclic) bond motifs is 3. The summed E-state index contributed by atoms with van der Waals surface area (Å²) in [6.07, 6.45) is 2.51. The van der Waals surface area contributed by atoms with Crippen LogP contribution in [-0.4, -0.2) is 30.5 Å². The summed E-state index contributed by atoms with van der Waals surface area (Å²) in [5.74, 6) is 0.392. The lowest BCUT2D eigenvalue weighted by atomic mass is 9.75. The van der Waals surface area contributed by atoms with Gasteiger partial charge in [0, 0.05) is 42.2 Å². The topological polar surface area (TPSA) is 75.7 Å². The number of anilines is 1. The number of aromatic nitrogens is 1. The highest BCUT2D eigenvalue weighted by atomic mass is 19.1. The number of nitrogens with zero attached hydrogens (tertiary/aromatic N) is 3. The number of pyridine rings is 1. The predicted molar refractivity (Wildman–Crippen MR) is 98.8 cm³/mol. The molecule has 3 N–H and O–H groups in total. The molecule has 25 heavy (non-hydrogen) atoms. The van der Waals surface area contributed by atoms with E-state index in [1.807, 2.05) is 6.07 Å². The second-order valence-electron chi connectivity index (χ2n) is 6.57. The fourth-order valence-electron chi connectivity index (χ4n) is 3.92. The molecule has 0 fully saturated rings. The van der Waals surface area contributed by atoms with Gasteiger partial charge in [0.05, 0.1) is 11.6 Å². The van der Waals surface area contributed by atoms with E-state index in [0.717, 1.165) is 29.0 Å². The van der Waals surface area contributed by atoms with Crippen LogP contribution in [0.2, 0.25) is 0 Å². The molecule has 1 aliphatic heterocycles. The average Bonchev–Trinajstić information content (AvgIpc) is 3.05. The second-order valence-corrected chi connectivity index (χ2v) is 6.57. The zero-order valence-electron chi connectivity index (χ0n) is 14.3. The van der Waals surface area contributed by atoms with Crippen LogP contribution in [0.3, 0.4) is 0 Å². The number of halogens is 1. The normalized spacial score (nSPS) is 21.6. The lowest BCUT2D eigenvalue weighted by molar-refractivity contribution is 0.630. The molecule has 1 aromatic heterocycles. The maximum absolute atomic E-state index is 14.7. The number of nitrogen functional groups attached to an aromatic ring is 1. The summed E-state index contributed by atoms with van der Waals surface area (Å²) in [6.45, 7) is 2.84. The van der Waals surface area contributed by atoms with Crippen LogP contribution < -0.4 is 11.2 Å². The zero-order chi connectivity index (χ0) is 17.6. The molecule has 0 radical (unpaired) electrons. The molecule has 2 unspecified atom stereocenters. The first kappa shape index (κ1) is 15.7. The SMILES string of the molecule is CN=Cc1c(N)nc2c(c1-c1ccccc1F)C(C)CC1=NNCC12. The Labute approximate surface area is 145 Å². The van der Waals surface area contributed by atoms with Gasteiger partial charge in [-0.1, -0.05) is 25.1 Å². The number of hydrazone groups is 1. The molecule has 2 atom stereocenters. The summed E-state index contributed by atoms with van der Waals surface area (Å²) in [5, 5.41) is 4.40. The Morgan fingerprint density at radius 3 is 2.92 bits per heavy atom. The van der Waals surface area contributed by atoms with Gasteiger partial charge in [-0.25, -0.2) is 9.37 Å². The molecular weight excluding hydrogens is 317 g/mol. The Morgan fingerprint density at radius 1 is 1.36 bits per heavy atom. The first-order valence-corrected chi connectivity index (χ1v) is 8.41. The van der Waals surface area contributed by atoms with Crippen LogP contribution >= 0.6 is 0 Å². The molecule has 0 spiro atoms. The number of aliphatic imine (C=N–C) groups is 1. The molecule has 2 aromatic rings. The van der Waals surface area contributed by atoms with Gasteiger partial charge in [-0.15, -0.1) is 0 Å². The van der Waals surface area contributed by atoms with Crippen LogP contribution in [-0.2, 0) is 0 Å². The molecule has 0 amide bonds. The third-order valence-electron chi connectivity index (χ3n) is 4.99. The lowest BCUT2D eigenvalue weighted by Crippen LogP contribution is -2.26. The highest BCUT2D eigenvalue weighted by molar-refractivity contribution is 6.00. The summed E-state index contributed by atoms with van der Waals surface area (Å²) < 4.78 is 14.7. The van der Waals surface area contributed by atoms with Crippen molar-refractivity contribution in [3.05, 3.63) is 46.9 Å². The summed E-state index contributed by atoms with van der Waals surface area (Å²) in [4.78, 5) is 8.80. The van der Waals surface area contributed by atoms with Crippen LogP contribution in [0.25, 0.3) is 11.1 Å². The minimum Gasteiger partial charge on any atom is -0.383 e. The van der Waals surface area contributed by atoms with E-state index in [1.54, 1.807) is 25.4 Å². The first-order chi connectivity index (χ1) is 12.1. The van der Waals surface area contributed by atoms with Gasteiger partial charge in [-0.2, -0.15) is 5.10 Å². The van der Waals surface area contributed by atoms with Crippen molar-refractivity contribution in [1.82, 2.24) is 10.4 Å². The quantitative estimate of drug-likeness (QED) is 0.827. The second kappa shape index (κ2) is 5.95. The summed E-state index contributed by atoms with van der Waals surface area (Å²) in [7, 11) is 1.68. The molecule has 0 bridgehead atoms. The Kier molecular flexibility index (Phi) is 3.75. The van der Waals surface area contributed by atoms with E-state index in [4.69, 9.17) is 5.73 Å². The van der Waals surface area contributed by atoms with Gasteiger partial charge >= 0.3 is 0 Å². The monoisotopic (exact) mass is 337 g/mol. The van der Waals surface area contributed by atoms with Crippen LogP contribution in [0.15, 0.2) is 34.4 Å². The molecule has 0 saturated heterocycles. The average molecular weight is 337 g/mol. The van der Waals surface area contributed by atoms with Gasteiger partial charge in [0.25, 0.3) is 0 Å². The minimum atomic E-state index is -0.266. The summed E-state index contributed by atoms with van der Waals surface area (Å²) >= 11 is 0. The van der Waals surface area contributed by atoms with Crippen molar-refractivity contribution in [2.24, 2.45) is 10.1 Å². The Hall–Kier alpha value is -2.76. The van der Waals surface area contributed by atoms with E-state index in [0.29, 0.717) is 23.5 Å². The van der Waals surface area contributed by atoms with Gasteiger partial charge in [0.2, 0.25) is 0 Å². The van der Waals surface area contributed by atoms with Gasteiger partial charge in [0.1, 0.15) is 11.6 Å². The minimum absolute atomic E-state index is 0.103. The maximum Gasteiger partial charge on any atom is 0.133 e. The number of hydrogen-bond donors (Lipinski definition) is 2. The van der Waals surface area contributed by atoms with E-state index >= 15 is 0 Å². The fourth-order valence-corrected chi connectivity index (χ4v) is 3.92. The van der Waals surface area contributed by atoms with Crippen LogP contribution in [0, 0.1) is 5.82 Å². The fraction of sp³-hybridized carbons (Fsp3) is 0.316. The van der Waals surface area contributed by atoms with Crippen molar-refractivity contribution in [1.29, 1.82) is 0 Å². The van der Waals surface area contributed by atoms with Crippen LogP contribution in [0.4, 0.5) is 10.2 Å². The van der Waals surface area contributed by atoms with Gasteiger partial charge in [-0.3, -0.25) is 4.99 Å². The number of benzene rings is 1. The molecular formula is C19H20FN5. The zero-order valence-corrected chi connectivity index (χ0v) is 14.3. The van der Waals surface area contributed by atoms with Crippen molar-refractivity contribution in [2.45, 2.75) is 25.2 Å². The molecule has 1 aliphatic carbocycles. The van der Waals surface area contributed by atoms with Crippen molar-refractivity contribution < 1.29 is 4.39 Å². The standard InChI is InChI=1S/C19H20FN5/c1-10-7-15-12(9-23-25-15)18-16(10)17(11-5-3-4-6-14(11)20)13(8-22-2)19(21)24-18/h3-6,8,10,12,23H,7,9H2,1-2H3,(H2,21,24). The highest BCUT2D eigenvalue weighted by Gasteiger charge is 2.37. The first-order valence-electron chi connectivity index (χ1n) is 8.41.